The van der Waals surface area contributed by atoms with Crippen LogP contribution in [0.5, 0.6) is 0 Å². The molecule has 2 heterocycles. The predicted octanol–water partition coefficient (Wildman–Crippen LogP) is 1.21. The lowest BCUT2D eigenvalue weighted by atomic mass is 9.84. The standard InChI is InChI=1S/C15H21N3O3/c1-17-9-10(8-16-17)6-14(19)18-12-5-3-2-4-11(12)7-13(18)15(20)21/h8-9,11-13H,2-7H2,1H3,(H,20,21)/t11-,12+,13+/m1/s1. The molecule has 1 N–H and O–H groups in total. The largest absolute Gasteiger partial charge is 0.480 e. The van der Waals surface area contributed by atoms with Crippen molar-refractivity contribution in [3.05, 3.63) is 18.0 Å². The van der Waals surface area contributed by atoms with Crippen LogP contribution in [0.1, 0.15) is 37.7 Å². The molecule has 2 aliphatic rings. The SMILES string of the molecule is Cn1cc(CC(=O)N2[C@H](C(=O)O)C[C@H]3CCCC[C@@H]32)cn1. The molecule has 0 spiro atoms. The maximum absolute atomic E-state index is 12.6. The quantitative estimate of drug-likeness (QED) is 0.908. The van der Waals surface area contributed by atoms with Crippen LogP contribution < -0.4 is 0 Å². The summed E-state index contributed by atoms with van der Waals surface area (Å²) >= 11 is 0. The topological polar surface area (TPSA) is 75.4 Å². The summed E-state index contributed by atoms with van der Waals surface area (Å²) < 4.78 is 1.66. The van der Waals surface area contributed by atoms with Gasteiger partial charge in [-0.1, -0.05) is 12.8 Å². The van der Waals surface area contributed by atoms with Crippen LogP contribution >= 0.6 is 0 Å². The number of carbonyl (C=O) groups is 2. The highest BCUT2D eigenvalue weighted by Gasteiger charge is 2.47. The summed E-state index contributed by atoms with van der Waals surface area (Å²) in [6.07, 6.45) is 8.55. The number of nitrogens with zero attached hydrogens (tertiary/aromatic N) is 3. The normalized spacial score (nSPS) is 28.4. The van der Waals surface area contributed by atoms with Gasteiger partial charge in [-0.15, -0.1) is 0 Å². The number of rotatable bonds is 3. The third kappa shape index (κ3) is 2.66. The van der Waals surface area contributed by atoms with Crippen molar-refractivity contribution in [2.24, 2.45) is 13.0 Å². The van der Waals surface area contributed by atoms with Crippen molar-refractivity contribution in [1.29, 1.82) is 0 Å². The van der Waals surface area contributed by atoms with Gasteiger partial charge in [0, 0.05) is 19.3 Å². The number of fused-ring (bicyclic) bond motifs is 1. The van der Waals surface area contributed by atoms with E-state index in [1.54, 1.807) is 22.8 Å². The van der Waals surface area contributed by atoms with Crippen LogP contribution in [0.25, 0.3) is 0 Å². The van der Waals surface area contributed by atoms with Crippen molar-refractivity contribution in [2.45, 2.75) is 50.6 Å². The third-order valence-corrected chi connectivity index (χ3v) is 4.77. The minimum atomic E-state index is -0.871. The Morgan fingerprint density at radius 1 is 1.38 bits per heavy atom. The molecule has 0 unspecified atom stereocenters. The lowest BCUT2D eigenvalue weighted by Crippen LogP contribution is -2.46. The zero-order valence-electron chi connectivity index (χ0n) is 12.2. The molecule has 1 aromatic rings. The number of hydrogen-bond donors (Lipinski definition) is 1. The molecule has 1 saturated heterocycles. The zero-order chi connectivity index (χ0) is 15.0. The van der Waals surface area contributed by atoms with Crippen molar-refractivity contribution >= 4 is 11.9 Å². The monoisotopic (exact) mass is 291 g/mol. The van der Waals surface area contributed by atoms with Gasteiger partial charge in [0.05, 0.1) is 12.6 Å². The van der Waals surface area contributed by atoms with Crippen LogP contribution in [0.3, 0.4) is 0 Å². The lowest BCUT2D eigenvalue weighted by molar-refractivity contribution is -0.149. The number of hydrogen-bond acceptors (Lipinski definition) is 3. The highest BCUT2D eigenvalue weighted by molar-refractivity contribution is 5.86. The van der Waals surface area contributed by atoms with Crippen LogP contribution in [0.15, 0.2) is 12.4 Å². The van der Waals surface area contributed by atoms with Crippen LogP contribution in [0.4, 0.5) is 0 Å². The van der Waals surface area contributed by atoms with Gasteiger partial charge in [0.2, 0.25) is 5.91 Å². The molecule has 0 radical (unpaired) electrons. The van der Waals surface area contributed by atoms with Gasteiger partial charge in [0.1, 0.15) is 6.04 Å². The van der Waals surface area contributed by atoms with Crippen LogP contribution in [0, 0.1) is 5.92 Å². The van der Waals surface area contributed by atoms with Crippen molar-refractivity contribution in [3.8, 4) is 0 Å². The number of amides is 1. The summed E-state index contributed by atoms with van der Waals surface area (Å²) in [6, 6.07) is -0.536. The van der Waals surface area contributed by atoms with E-state index >= 15 is 0 Å². The van der Waals surface area contributed by atoms with E-state index in [0.29, 0.717) is 12.3 Å². The van der Waals surface area contributed by atoms with Crippen LogP contribution in [-0.2, 0) is 23.1 Å². The molecule has 0 aromatic carbocycles. The first kappa shape index (κ1) is 14.1. The number of carboxylic acid groups (broad SMARTS) is 1. The summed E-state index contributed by atoms with van der Waals surface area (Å²) in [4.78, 5) is 25.8. The van der Waals surface area contributed by atoms with Crippen LogP contribution in [0.2, 0.25) is 0 Å². The van der Waals surface area contributed by atoms with Crippen LogP contribution in [-0.4, -0.2) is 43.7 Å². The average Bonchev–Trinajstić information content (AvgIpc) is 3.02. The van der Waals surface area contributed by atoms with Gasteiger partial charge < -0.3 is 10.0 Å². The Morgan fingerprint density at radius 2 is 2.14 bits per heavy atom. The number of aryl methyl sites for hydroxylation is 1. The molecule has 3 atom stereocenters. The maximum atomic E-state index is 12.6. The summed E-state index contributed by atoms with van der Waals surface area (Å²) in [5.41, 5.74) is 0.839. The van der Waals surface area contributed by atoms with E-state index in [0.717, 1.165) is 31.2 Å². The second-order valence-electron chi connectivity index (χ2n) is 6.20. The molecule has 2 fully saturated rings. The maximum Gasteiger partial charge on any atom is 0.326 e. The molecule has 0 bridgehead atoms. The van der Waals surface area contributed by atoms with E-state index in [1.165, 1.54) is 0 Å². The fraction of sp³-hybridized carbons (Fsp3) is 0.667. The summed E-state index contributed by atoms with van der Waals surface area (Å²) in [5, 5.41) is 13.5. The number of aliphatic carboxylic acids is 1. The highest BCUT2D eigenvalue weighted by atomic mass is 16.4. The summed E-state index contributed by atoms with van der Waals surface area (Å²) in [5.74, 6) is -0.591. The highest BCUT2D eigenvalue weighted by Crippen LogP contribution is 2.40. The molecule has 6 heteroatoms. The molecule has 6 nitrogen and oxygen atoms in total. The Balaban J connectivity index is 1.79. The Bertz CT molecular complexity index is 554. The fourth-order valence-corrected chi connectivity index (χ4v) is 3.87. The van der Waals surface area contributed by atoms with Gasteiger partial charge in [0.25, 0.3) is 0 Å². The summed E-state index contributed by atoms with van der Waals surface area (Å²) in [7, 11) is 1.81. The molecule has 3 rings (SSSR count). The van der Waals surface area contributed by atoms with Crippen molar-refractivity contribution < 1.29 is 14.7 Å². The van der Waals surface area contributed by atoms with E-state index in [9.17, 15) is 14.7 Å². The average molecular weight is 291 g/mol. The van der Waals surface area contributed by atoms with Gasteiger partial charge in [-0.05, 0) is 30.7 Å². The van der Waals surface area contributed by atoms with Crippen molar-refractivity contribution in [2.75, 3.05) is 0 Å². The Morgan fingerprint density at radius 3 is 2.81 bits per heavy atom. The first-order chi connectivity index (χ1) is 10.1. The van der Waals surface area contributed by atoms with Crippen molar-refractivity contribution in [1.82, 2.24) is 14.7 Å². The molecule has 1 aromatic heterocycles. The Kier molecular flexibility index (Phi) is 3.69. The number of aromatic nitrogens is 2. The molecule has 21 heavy (non-hydrogen) atoms. The van der Waals surface area contributed by atoms with E-state index in [4.69, 9.17) is 0 Å². The second-order valence-corrected chi connectivity index (χ2v) is 6.20. The molecule has 1 saturated carbocycles. The smallest absolute Gasteiger partial charge is 0.326 e. The number of carboxylic acids is 1. The lowest BCUT2D eigenvalue weighted by Gasteiger charge is -2.33. The van der Waals surface area contributed by atoms with Gasteiger partial charge in [-0.25, -0.2) is 4.79 Å². The number of likely N-dealkylation sites (tertiary alicyclic amines) is 1. The van der Waals surface area contributed by atoms with Crippen molar-refractivity contribution in [3.63, 3.8) is 0 Å². The number of carbonyl (C=O) groups excluding carboxylic acids is 1. The van der Waals surface area contributed by atoms with Gasteiger partial charge in [-0.2, -0.15) is 5.10 Å². The van der Waals surface area contributed by atoms with Gasteiger partial charge in [0.15, 0.2) is 0 Å². The minimum Gasteiger partial charge on any atom is -0.480 e. The van der Waals surface area contributed by atoms with Gasteiger partial charge >= 0.3 is 5.97 Å². The minimum absolute atomic E-state index is 0.0789. The first-order valence-electron chi connectivity index (χ1n) is 7.57. The van der Waals surface area contributed by atoms with E-state index in [2.05, 4.69) is 5.10 Å². The van der Waals surface area contributed by atoms with E-state index in [-0.39, 0.29) is 18.4 Å². The summed E-state index contributed by atoms with van der Waals surface area (Å²) in [6.45, 7) is 0. The fourth-order valence-electron chi connectivity index (χ4n) is 3.87. The zero-order valence-corrected chi connectivity index (χ0v) is 12.2. The Hall–Kier alpha value is -1.85. The molecule has 1 amide bonds. The first-order valence-corrected chi connectivity index (χ1v) is 7.57. The molecule has 1 aliphatic heterocycles. The predicted molar refractivity (Wildman–Crippen MR) is 75.5 cm³/mol. The van der Waals surface area contributed by atoms with E-state index < -0.39 is 12.0 Å². The molecule has 114 valence electrons. The third-order valence-electron chi connectivity index (χ3n) is 4.77. The molecular formula is C15H21N3O3. The van der Waals surface area contributed by atoms with Gasteiger partial charge in [-0.3, -0.25) is 9.48 Å². The Labute approximate surface area is 123 Å². The van der Waals surface area contributed by atoms with E-state index in [1.807, 2.05) is 6.20 Å². The molecular weight excluding hydrogens is 270 g/mol. The molecule has 1 aliphatic carbocycles. The second kappa shape index (κ2) is 5.50.